The van der Waals surface area contributed by atoms with E-state index in [1.807, 2.05) is 6.92 Å². The highest BCUT2D eigenvalue weighted by Crippen LogP contribution is 2.29. The molecule has 0 bridgehead atoms. The molecule has 0 aromatic carbocycles. The summed E-state index contributed by atoms with van der Waals surface area (Å²) in [6.07, 6.45) is 0. The molecule has 9 nitrogen and oxygen atoms in total. The van der Waals surface area contributed by atoms with Gasteiger partial charge in [-0.2, -0.15) is 0 Å². The molecule has 28 heavy (non-hydrogen) atoms. The van der Waals surface area contributed by atoms with Gasteiger partial charge in [-0.3, -0.25) is 18.9 Å². The van der Waals surface area contributed by atoms with Gasteiger partial charge in [-0.1, -0.05) is 0 Å². The van der Waals surface area contributed by atoms with Crippen molar-refractivity contribution >= 4 is 27.5 Å². The van der Waals surface area contributed by atoms with E-state index in [1.165, 1.54) is 15.9 Å². The maximum atomic E-state index is 13.1. The zero-order chi connectivity index (χ0) is 20.3. The number of aromatic nitrogens is 2. The van der Waals surface area contributed by atoms with E-state index < -0.39 is 0 Å². The standard InChI is InChI=1S/C18H27N5O4S/c1-12-13(11-21-6-5-20-17(21)19-2)28-16-14(12)15(24)22(7-9-26-3)18(25)23(16)8-10-27-4/h5-11H2,1-4H3,(H,19,20). The van der Waals surface area contributed by atoms with Gasteiger partial charge in [0.05, 0.1) is 38.2 Å². The Morgan fingerprint density at radius 3 is 2.46 bits per heavy atom. The van der Waals surface area contributed by atoms with Crippen LogP contribution in [0.15, 0.2) is 14.6 Å². The first-order valence-corrected chi connectivity index (χ1v) is 10.0. The molecular formula is C18H27N5O4S. The fourth-order valence-corrected chi connectivity index (χ4v) is 4.75. The largest absolute Gasteiger partial charge is 0.383 e. The Bertz CT molecular complexity index is 990. The van der Waals surface area contributed by atoms with E-state index in [4.69, 9.17) is 9.47 Å². The normalized spacial score (nSPS) is 15.7. The summed E-state index contributed by atoms with van der Waals surface area (Å²) in [6.45, 7) is 5.63. The lowest BCUT2D eigenvalue weighted by Crippen LogP contribution is -2.41. The van der Waals surface area contributed by atoms with Gasteiger partial charge < -0.3 is 19.7 Å². The average molecular weight is 410 g/mol. The molecule has 1 fully saturated rings. The first-order valence-electron chi connectivity index (χ1n) is 9.22. The lowest BCUT2D eigenvalue weighted by atomic mass is 10.2. The van der Waals surface area contributed by atoms with Crippen LogP contribution in [-0.4, -0.2) is 67.6 Å². The summed E-state index contributed by atoms with van der Waals surface area (Å²) >= 11 is 1.50. The highest BCUT2D eigenvalue weighted by atomic mass is 32.1. The molecule has 0 saturated carbocycles. The second-order valence-corrected chi connectivity index (χ2v) is 7.69. The predicted octanol–water partition coefficient (Wildman–Crippen LogP) is 0.217. The van der Waals surface area contributed by atoms with Crippen LogP contribution < -0.4 is 16.6 Å². The van der Waals surface area contributed by atoms with Crippen molar-refractivity contribution in [3.63, 3.8) is 0 Å². The molecule has 154 valence electrons. The van der Waals surface area contributed by atoms with Crippen molar-refractivity contribution in [3.05, 3.63) is 31.3 Å². The molecule has 0 unspecified atom stereocenters. The molecule has 10 heteroatoms. The van der Waals surface area contributed by atoms with E-state index in [9.17, 15) is 9.59 Å². The van der Waals surface area contributed by atoms with Crippen LogP contribution in [-0.2, 0) is 29.1 Å². The molecule has 0 aliphatic carbocycles. The molecule has 0 amide bonds. The van der Waals surface area contributed by atoms with E-state index in [-0.39, 0.29) is 17.8 Å². The zero-order valence-corrected chi connectivity index (χ0v) is 17.6. The van der Waals surface area contributed by atoms with Crippen molar-refractivity contribution in [2.24, 2.45) is 4.99 Å². The lowest BCUT2D eigenvalue weighted by Gasteiger charge is -2.16. The van der Waals surface area contributed by atoms with Gasteiger partial charge in [0.2, 0.25) is 0 Å². The number of hydrogen-bond acceptors (Lipinski definition) is 6. The molecule has 3 rings (SSSR count). The summed E-state index contributed by atoms with van der Waals surface area (Å²) in [4.78, 5) is 34.2. The fourth-order valence-electron chi connectivity index (χ4n) is 3.42. The quantitative estimate of drug-likeness (QED) is 0.671. The van der Waals surface area contributed by atoms with E-state index in [1.54, 1.807) is 25.8 Å². The van der Waals surface area contributed by atoms with Gasteiger partial charge in [-0.25, -0.2) is 4.79 Å². The Balaban J connectivity index is 2.14. The Labute approximate surface area is 167 Å². The topological polar surface area (TPSA) is 90.1 Å². The molecule has 0 radical (unpaired) electrons. The van der Waals surface area contributed by atoms with Crippen LogP contribution in [0.25, 0.3) is 10.2 Å². The predicted molar refractivity (Wildman–Crippen MR) is 111 cm³/mol. The summed E-state index contributed by atoms with van der Waals surface area (Å²) in [7, 11) is 4.91. The number of ether oxygens (including phenoxy) is 2. The third-order valence-corrected chi connectivity index (χ3v) is 6.24. The van der Waals surface area contributed by atoms with Crippen LogP contribution in [0.4, 0.5) is 0 Å². The van der Waals surface area contributed by atoms with Crippen LogP contribution in [0.5, 0.6) is 0 Å². The molecule has 2 aromatic heterocycles. The van der Waals surface area contributed by atoms with Crippen LogP contribution in [0.2, 0.25) is 0 Å². The third-order valence-electron chi connectivity index (χ3n) is 4.94. The molecule has 2 aromatic rings. The molecule has 1 N–H and O–H groups in total. The summed E-state index contributed by atoms with van der Waals surface area (Å²) in [5.74, 6) is 0.853. The minimum atomic E-state index is -0.321. The van der Waals surface area contributed by atoms with Gasteiger partial charge in [-0.05, 0) is 12.5 Å². The van der Waals surface area contributed by atoms with Crippen LogP contribution in [0.3, 0.4) is 0 Å². The van der Waals surface area contributed by atoms with Crippen molar-refractivity contribution in [1.82, 2.24) is 19.4 Å². The molecule has 0 atom stereocenters. The maximum Gasteiger partial charge on any atom is 0.332 e. The second kappa shape index (κ2) is 8.89. The van der Waals surface area contributed by atoms with Crippen molar-refractivity contribution in [2.75, 3.05) is 47.6 Å². The minimum Gasteiger partial charge on any atom is -0.383 e. The van der Waals surface area contributed by atoms with E-state index in [0.29, 0.717) is 36.5 Å². The fraction of sp³-hybridized carbons (Fsp3) is 0.611. The third kappa shape index (κ3) is 3.71. The highest BCUT2D eigenvalue weighted by Gasteiger charge is 2.23. The van der Waals surface area contributed by atoms with Crippen LogP contribution in [0, 0.1) is 6.92 Å². The van der Waals surface area contributed by atoms with Gasteiger partial charge in [0, 0.05) is 39.2 Å². The Morgan fingerprint density at radius 1 is 1.14 bits per heavy atom. The number of nitrogens with zero attached hydrogens (tertiary/aromatic N) is 4. The maximum absolute atomic E-state index is 13.1. The molecule has 1 saturated heterocycles. The monoisotopic (exact) mass is 409 g/mol. The number of methoxy groups -OCH3 is 2. The number of thiophene rings is 1. The Kier molecular flexibility index (Phi) is 6.53. The highest BCUT2D eigenvalue weighted by molar-refractivity contribution is 7.18. The number of nitrogens with one attached hydrogen (secondary N) is 1. The molecule has 3 heterocycles. The number of guanidine groups is 1. The Morgan fingerprint density at radius 2 is 1.82 bits per heavy atom. The van der Waals surface area contributed by atoms with E-state index in [0.717, 1.165) is 29.5 Å². The second-order valence-electron chi connectivity index (χ2n) is 6.60. The molecular weight excluding hydrogens is 382 g/mol. The van der Waals surface area contributed by atoms with Gasteiger partial charge in [0.15, 0.2) is 5.96 Å². The molecule has 1 aliphatic rings. The first kappa shape index (κ1) is 20.6. The van der Waals surface area contributed by atoms with Gasteiger partial charge in [-0.15, -0.1) is 11.3 Å². The van der Waals surface area contributed by atoms with Crippen molar-refractivity contribution in [2.45, 2.75) is 26.6 Å². The molecule has 1 aliphatic heterocycles. The van der Waals surface area contributed by atoms with Crippen molar-refractivity contribution in [3.8, 4) is 0 Å². The summed E-state index contributed by atoms with van der Waals surface area (Å²) < 4.78 is 13.2. The summed E-state index contributed by atoms with van der Waals surface area (Å²) in [5.41, 5.74) is 0.345. The number of hydrogen-bond donors (Lipinski definition) is 1. The zero-order valence-electron chi connectivity index (χ0n) is 16.8. The number of aryl methyl sites for hydroxylation is 1. The van der Waals surface area contributed by atoms with Crippen LogP contribution in [0.1, 0.15) is 10.4 Å². The van der Waals surface area contributed by atoms with Gasteiger partial charge in [0.25, 0.3) is 5.56 Å². The summed E-state index contributed by atoms with van der Waals surface area (Å²) in [6, 6.07) is 0. The smallest absolute Gasteiger partial charge is 0.332 e. The lowest BCUT2D eigenvalue weighted by molar-refractivity contribution is 0.179. The van der Waals surface area contributed by atoms with Gasteiger partial charge >= 0.3 is 5.69 Å². The minimum absolute atomic E-state index is 0.227. The van der Waals surface area contributed by atoms with Crippen molar-refractivity contribution in [1.29, 1.82) is 0 Å². The average Bonchev–Trinajstić information content (AvgIpc) is 3.26. The number of rotatable bonds is 8. The van der Waals surface area contributed by atoms with Gasteiger partial charge in [0.1, 0.15) is 4.83 Å². The SMILES string of the molecule is C/N=C1\NCCN1Cc1sc2c(c1C)c(=O)n(CCOC)c(=O)n2CCOC. The number of aliphatic imine (C=N–C) groups is 1. The number of fused-ring (bicyclic) bond motifs is 1. The summed E-state index contributed by atoms with van der Waals surface area (Å²) in [5, 5.41) is 3.86. The van der Waals surface area contributed by atoms with E-state index >= 15 is 0 Å². The Hall–Kier alpha value is -2.17. The molecule has 0 spiro atoms. The van der Waals surface area contributed by atoms with E-state index in [2.05, 4.69) is 15.2 Å². The first-order chi connectivity index (χ1) is 13.5. The van der Waals surface area contributed by atoms with Crippen LogP contribution >= 0.6 is 11.3 Å². The van der Waals surface area contributed by atoms with Crippen molar-refractivity contribution < 1.29 is 9.47 Å².